The third-order valence-corrected chi connectivity index (χ3v) is 6.10. The zero-order chi connectivity index (χ0) is 20.9. The molecule has 0 heterocycles. The fourth-order valence-electron chi connectivity index (χ4n) is 2.68. The molecule has 0 unspecified atom stereocenters. The van der Waals surface area contributed by atoms with E-state index in [2.05, 4.69) is 66.0 Å². The monoisotopic (exact) mass is 580 g/mol. The van der Waals surface area contributed by atoms with Crippen LogP contribution < -0.4 is 4.74 Å². The lowest BCUT2D eigenvalue weighted by molar-refractivity contribution is 0.349. The Morgan fingerprint density at radius 2 is 1.10 bits per heavy atom. The van der Waals surface area contributed by atoms with Crippen LogP contribution in [0.5, 0.6) is 11.5 Å². The SMILES string of the molecule is BrCCBr.BrCCOc1cccc2ccccc12.Oc1cccc2ccccc12. The number of rotatable bonds is 4. The molecule has 0 saturated carbocycles. The number of fused-ring (bicyclic) bond motifs is 2. The number of hydrogen-bond donors (Lipinski definition) is 1. The summed E-state index contributed by atoms with van der Waals surface area (Å²) >= 11 is 9.75. The van der Waals surface area contributed by atoms with Gasteiger partial charge < -0.3 is 9.84 Å². The molecule has 2 nitrogen and oxygen atoms in total. The van der Waals surface area contributed by atoms with Crippen molar-refractivity contribution in [2.24, 2.45) is 0 Å². The molecule has 4 rings (SSSR count). The molecule has 0 aliphatic rings. The van der Waals surface area contributed by atoms with Crippen LogP contribution in [0, 0.1) is 0 Å². The van der Waals surface area contributed by atoms with Gasteiger partial charge in [0.1, 0.15) is 11.5 Å². The highest BCUT2D eigenvalue weighted by atomic mass is 79.9. The highest BCUT2D eigenvalue weighted by molar-refractivity contribution is 9.12. The summed E-state index contributed by atoms with van der Waals surface area (Å²) in [6, 6.07) is 27.7. The van der Waals surface area contributed by atoms with E-state index in [1.54, 1.807) is 6.07 Å². The topological polar surface area (TPSA) is 29.5 Å². The summed E-state index contributed by atoms with van der Waals surface area (Å²) in [7, 11) is 0. The Morgan fingerprint density at radius 3 is 1.69 bits per heavy atom. The first-order valence-electron chi connectivity index (χ1n) is 9.16. The fourth-order valence-corrected chi connectivity index (χ4v) is 2.84. The summed E-state index contributed by atoms with van der Waals surface area (Å²) in [4.78, 5) is 0. The van der Waals surface area contributed by atoms with Crippen molar-refractivity contribution in [1.29, 1.82) is 0 Å². The van der Waals surface area contributed by atoms with Crippen LogP contribution in [0.25, 0.3) is 21.5 Å². The smallest absolute Gasteiger partial charge is 0.127 e. The fraction of sp³-hybridized carbons (Fsp3) is 0.167. The average Bonchev–Trinajstić information content (AvgIpc) is 2.78. The molecule has 1 N–H and O–H groups in total. The van der Waals surface area contributed by atoms with E-state index in [4.69, 9.17) is 4.74 Å². The molecular formula is C24H23Br3O2. The van der Waals surface area contributed by atoms with Gasteiger partial charge in [0.15, 0.2) is 0 Å². The number of alkyl halides is 3. The van der Waals surface area contributed by atoms with E-state index < -0.39 is 0 Å². The van der Waals surface area contributed by atoms with Gasteiger partial charge in [-0.1, -0.05) is 121 Å². The van der Waals surface area contributed by atoms with Crippen molar-refractivity contribution in [2.75, 3.05) is 22.6 Å². The summed E-state index contributed by atoms with van der Waals surface area (Å²) in [5.41, 5.74) is 0. The highest BCUT2D eigenvalue weighted by Gasteiger charge is 1.99. The number of hydrogen-bond acceptors (Lipinski definition) is 2. The number of phenolic OH excluding ortho intramolecular Hbond substituents is 1. The van der Waals surface area contributed by atoms with Gasteiger partial charge in [0.25, 0.3) is 0 Å². The second-order valence-corrected chi connectivity index (χ2v) is 8.27. The number of aromatic hydroxyl groups is 1. The second kappa shape index (κ2) is 13.6. The molecule has 4 aromatic rings. The normalized spacial score (nSPS) is 9.90. The molecule has 0 aromatic heterocycles. The molecule has 0 amide bonds. The summed E-state index contributed by atoms with van der Waals surface area (Å²) in [5, 5.41) is 16.7. The van der Waals surface area contributed by atoms with E-state index in [1.165, 1.54) is 10.8 Å². The van der Waals surface area contributed by atoms with Crippen molar-refractivity contribution in [3.05, 3.63) is 84.9 Å². The lowest BCUT2D eigenvalue weighted by atomic mass is 10.1. The minimum absolute atomic E-state index is 0.350. The first kappa shape index (κ1) is 23.7. The van der Waals surface area contributed by atoms with Gasteiger partial charge in [-0.3, -0.25) is 0 Å². The predicted molar refractivity (Wildman–Crippen MR) is 136 cm³/mol. The van der Waals surface area contributed by atoms with Crippen LogP contribution in [0.3, 0.4) is 0 Å². The second-order valence-electron chi connectivity index (χ2n) is 5.89. The molecule has 29 heavy (non-hydrogen) atoms. The van der Waals surface area contributed by atoms with Crippen molar-refractivity contribution in [3.8, 4) is 11.5 Å². The Bertz CT molecular complexity index is 993. The Kier molecular flexibility index (Phi) is 11.1. The van der Waals surface area contributed by atoms with Crippen molar-refractivity contribution in [1.82, 2.24) is 0 Å². The highest BCUT2D eigenvalue weighted by Crippen LogP contribution is 2.25. The zero-order valence-electron chi connectivity index (χ0n) is 15.9. The quantitative estimate of drug-likeness (QED) is 0.248. The maximum Gasteiger partial charge on any atom is 0.127 e. The molecule has 0 aliphatic carbocycles. The summed E-state index contributed by atoms with van der Waals surface area (Å²) < 4.78 is 5.62. The Hall–Kier alpha value is -1.56. The molecule has 0 aliphatic heterocycles. The van der Waals surface area contributed by atoms with Gasteiger partial charge in [0, 0.05) is 26.8 Å². The zero-order valence-corrected chi connectivity index (χ0v) is 20.7. The molecule has 0 radical (unpaired) electrons. The van der Waals surface area contributed by atoms with E-state index in [0.29, 0.717) is 12.4 Å². The molecule has 0 atom stereocenters. The van der Waals surface area contributed by atoms with Gasteiger partial charge in [0.05, 0.1) is 6.61 Å². The Morgan fingerprint density at radius 1 is 0.586 bits per heavy atom. The molecule has 0 fully saturated rings. The minimum Gasteiger partial charge on any atom is -0.507 e. The van der Waals surface area contributed by atoms with Gasteiger partial charge in [-0.25, -0.2) is 0 Å². The van der Waals surface area contributed by atoms with Crippen molar-refractivity contribution < 1.29 is 9.84 Å². The van der Waals surface area contributed by atoms with E-state index in [9.17, 15) is 5.11 Å². The van der Waals surface area contributed by atoms with Crippen LogP contribution in [0.15, 0.2) is 84.9 Å². The molecule has 0 saturated heterocycles. The standard InChI is InChI=1S/C12H11BrO.C10H8O.C2H4Br2/c13-8-9-14-12-7-3-5-10-4-1-2-6-11(10)12;11-10-7-3-5-8-4-1-2-6-9(8)10;3-1-2-4/h1-7H,8-9H2;1-7,11H;1-2H2. The first-order valence-corrected chi connectivity index (χ1v) is 12.5. The van der Waals surface area contributed by atoms with Gasteiger partial charge in [-0.15, -0.1) is 0 Å². The molecule has 0 spiro atoms. The van der Waals surface area contributed by atoms with Gasteiger partial charge in [-0.2, -0.15) is 0 Å². The van der Waals surface area contributed by atoms with Crippen LogP contribution in [0.1, 0.15) is 0 Å². The van der Waals surface area contributed by atoms with Crippen molar-refractivity contribution >= 4 is 69.3 Å². The number of ether oxygens (including phenoxy) is 1. The molecule has 152 valence electrons. The summed E-state index contributed by atoms with van der Waals surface area (Å²) in [5.74, 6) is 1.31. The van der Waals surface area contributed by atoms with Gasteiger partial charge in [-0.05, 0) is 22.9 Å². The number of phenols is 1. The van der Waals surface area contributed by atoms with E-state index >= 15 is 0 Å². The third-order valence-electron chi connectivity index (χ3n) is 3.92. The Balaban J connectivity index is 0.000000179. The van der Waals surface area contributed by atoms with Gasteiger partial charge in [0.2, 0.25) is 0 Å². The van der Waals surface area contributed by atoms with Crippen molar-refractivity contribution in [2.45, 2.75) is 0 Å². The predicted octanol–water partition coefficient (Wildman–Crippen LogP) is 7.94. The Labute approximate surface area is 197 Å². The van der Waals surface area contributed by atoms with E-state index in [-0.39, 0.29) is 0 Å². The minimum atomic E-state index is 0.350. The molecule has 0 bridgehead atoms. The van der Waals surface area contributed by atoms with E-state index in [1.807, 2.05) is 60.7 Å². The average molecular weight is 583 g/mol. The van der Waals surface area contributed by atoms with Crippen LogP contribution in [-0.4, -0.2) is 27.7 Å². The molecule has 4 aromatic carbocycles. The van der Waals surface area contributed by atoms with Gasteiger partial charge >= 0.3 is 0 Å². The molecular weight excluding hydrogens is 560 g/mol. The van der Waals surface area contributed by atoms with E-state index in [0.717, 1.165) is 32.5 Å². The third kappa shape index (κ3) is 7.65. The maximum atomic E-state index is 9.37. The van der Waals surface area contributed by atoms with Crippen LogP contribution in [0.4, 0.5) is 0 Å². The molecule has 5 heteroatoms. The number of benzene rings is 4. The van der Waals surface area contributed by atoms with Crippen LogP contribution in [0.2, 0.25) is 0 Å². The first-order chi connectivity index (χ1) is 14.2. The summed E-state index contributed by atoms with van der Waals surface area (Å²) in [6.45, 7) is 0.702. The summed E-state index contributed by atoms with van der Waals surface area (Å²) in [6.07, 6.45) is 0. The van der Waals surface area contributed by atoms with Crippen molar-refractivity contribution in [3.63, 3.8) is 0 Å². The lowest BCUT2D eigenvalue weighted by Crippen LogP contribution is -1.97. The van der Waals surface area contributed by atoms with Crippen LogP contribution in [-0.2, 0) is 0 Å². The number of halogens is 3. The van der Waals surface area contributed by atoms with Crippen LogP contribution >= 0.6 is 47.8 Å². The maximum absolute atomic E-state index is 9.37. The largest absolute Gasteiger partial charge is 0.507 e. The lowest BCUT2D eigenvalue weighted by Gasteiger charge is -2.07.